The number of hydrogen-bond acceptors (Lipinski definition) is 6. The zero-order chi connectivity index (χ0) is 16.7. The predicted molar refractivity (Wildman–Crippen MR) is 76.9 cm³/mol. The molecule has 0 saturated heterocycles. The molecule has 0 aromatic carbocycles. The molecule has 0 aliphatic rings. The molecule has 0 radical (unpaired) electrons. The van der Waals surface area contributed by atoms with E-state index in [4.69, 9.17) is 0 Å². The van der Waals surface area contributed by atoms with E-state index >= 15 is 0 Å². The van der Waals surface area contributed by atoms with Crippen LogP contribution in [0.1, 0.15) is 24.9 Å². The number of amides is 1. The molecule has 1 amide bonds. The van der Waals surface area contributed by atoms with Crippen molar-refractivity contribution in [2.75, 3.05) is 14.2 Å². The summed E-state index contributed by atoms with van der Waals surface area (Å²) in [4.78, 5) is 39.3. The molecule has 0 bridgehead atoms. The maximum Gasteiger partial charge on any atom is 0.328 e. The second-order valence-corrected chi connectivity index (χ2v) is 4.70. The maximum atomic E-state index is 12.1. The Bertz CT molecular complexity index is 553. The van der Waals surface area contributed by atoms with Crippen LogP contribution in [-0.2, 0) is 36.8 Å². The van der Waals surface area contributed by atoms with Crippen LogP contribution < -0.4 is 5.32 Å². The highest BCUT2D eigenvalue weighted by Crippen LogP contribution is 2.04. The van der Waals surface area contributed by atoms with Crippen molar-refractivity contribution < 1.29 is 23.9 Å². The molecule has 0 aliphatic carbocycles. The summed E-state index contributed by atoms with van der Waals surface area (Å²) in [6.07, 6.45) is 2.16. The van der Waals surface area contributed by atoms with Crippen molar-refractivity contribution in [2.45, 2.75) is 39.3 Å². The van der Waals surface area contributed by atoms with Crippen molar-refractivity contribution in [3.05, 3.63) is 17.7 Å². The second-order valence-electron chi connectivity index (χ2n) is 4.70. The Hall–Kier alpha value is -2.38. The van der Waals surface area contributed by atoms with Crippen LogP contribution in [0.3, 0.4) is 0 Å². The lowest BCUT2D eigenvalue weighted by atomic mass is 10.2. The van der Waals surface area contributed by atoms with Gasteiger partial charge in [0, 0.05) is 12.6 Å². The highest BCUT2D eigenvalue weighted by molar-refractivity contribution is 5.87. The van der Waals surface area contributed by atoms with E-state index in [9.17, 15) is 14.4 Å². The van der Waals surface area contributed by atoms with Crippen LogP contribution in [0, 0.1) is 6.92 Å². The molecule has 0 spiro atoms. The van der Waals surface area contributed by atoms with Gasteiger partial charge in [-0.1, -0.05) is 6.92 Å². The molecule has 0 saturated carbocycles. The summed E-state index contributed by atoms with van der Waals surface area (Å²) in [6, 6.07) is -1.07. The number of aryl methyl sites for hydroxylation is 2. The summed E-state index contributed by atoms with van der Waals surface area (Å²) < 4.78 is 10.8. The smallest absolute Gasteiger partial charge is 0.328 e. The molecule has 1 aromatic rings. The Morgan fingerprint density at radius 2 is 2.00 bits per heavy atom. The third-order valence-electron chi connectivity index (χ3n) is 3.03. The molecule has 1 rings (SSSR count). The zero-order valence-electron chi connectivity index (χ0n) is 13.2. The van der Waals surface area contributed by atoms with Gasteiger partial charge in [0.05, 0.1) is 26.3 Å². The first-order valence-electron chi connectivity index (χ1n) is 6.87. The van der Waals surface area contributed by atoms with Gasteiger partial charge in [-0.15, -0.1) is 0 Å². The topological polar surface area (TPSA) is 99.5 Å². The average molecular weight is 311 g/mol. The van der Waals surface area contributed by atoms with E-state index in [1.165, 1.54) is 14.2 Å². The molecule has 122 valence electrons. The van der Waals surface area contributed by atoms with Gasteiger partial charge in [-0.05, 0) is 6.92 Å². The predicted octanol–water partition coefficient (Wildman–Crippen LogP) is -0.0252. The largest absolute Gasteiger partial charge is 0.469 e. The fraction of sp³-hybridized carbons (Fsp3) is 0.571. The number of esters is 2. The summed E-state index contributed by atoms with van der Waals surface area (Å²) in [5.41, 5.74) is 0.809. The molecule has 1 aromatic heterocycles. The van der Waals surface area contributed by atoms with Gasteiger partial charge in [0.1, 0.15) is 18.4 Å². The minimum Gasteiger partial charge on any atom is -0.469 e. The Morgan fingerprint density at radius 1 is 1.32 bits per heavy atom. The van der Waals surface area contributed by atoms with Crippen LogP contribution in [0.15, 0.2) is 6.20 Å². The standard InChI is InChI=1S/C14H21N3O5/c1-5-11-15-9(2)7-17(11)8-12(18)16-10(14(20)22-4)6-13(19)21-3/h7,10H,5-6,8H2,1-4H3,(H,16,18)/t10-/m0/s1. The SMILES string of the molecule is CCc1nc(C)cn1CC(=O)N[C@@H](CC(=O)OC)C(=O)OC. The normalized spacial score (nSPS) is 11.6. The quantitative estimate of drug-likeness (QED) is 0.710. The van der Waals surface area contributed by atoms with Gasteiger partial charge in [0.15, 0.2) is 0 Å². The number of carbonyl (C=O) groups excluding carboxylic acids is 3. The molecule has 22 heavy (non-hydrogen) atoms. The fourth-order valence-electron chi connectivity index (χ4n) is 2.00. The van der Waals surface area contributed by atoms with E-state index in [-0.39, 0.29) is 13.0 Å². The van der Waals surface area contributed by atoms with E-state index in [1.807, 2.05) is 13.8 Å². The van der Waals surface area contributed by atoms with Crippen LogP contribution in [-0.4, -0.2) is 47.7 Å². The molecular weight excluding hydrogens is 290 g/mol. The van der Waals surface area contributed by atoms with Crippen molar-refractivity contribution in [1.82, 2.24) is 14.9 Å². The number of aromatic nitrogens is 2. The van der Waals surface area contributed by atoms with Gasteiger partial charge >= 0.3 is 11.9 Å². The first kappa shape index (κ1) is 17.7. The molecule has 8 heteroatoms. The number of hydrogen-bond donors (Lipinski definition) is 1. The molecule has 1 heterocycles. The summed E-state index contributed by atoms with van der Waals surface area (Å²) >= 11 is 0. The first-order chi connectivity index (χ1) is 10.4. The number of methoxy groups -OCH3 is 2. The molecule has 1 N–H and O–H groups in total. The number of nitrogens with one attached hydrogen (secondary N) is 1. The van der Waals surface area contributed by atoms with Crippen LogP contribution >= 0.6 is 0 Å². The van der Waals surface area contributed by atoms with Crippen molar-refractivity contribution in [3.63, 3.8) is 0 Å². The monoisotopic (exact) mass is 311 g/mol. The average Bonchev–Trinajstić information content (AvgIpc) is 2.84. The Kier molecular flexibility index (Phi) is 6.55. The highest BCUT2D eigenvalue weighted by Gasteiger charge is 2.25. The second kappa shape index (κ2) is 8.16. The minimum atomic E-state index is -1.07. The summed E-state index contributed by atoms with van der Waals surface area (Å²) in [7, 11) is 2.40. The van der Waals surface area contributed by atoms with Gasteiger partial charge in [-0.2, -0.15) is 0 Å². The Labute approximate surface area is 128 Å². The van der Waals surface area contributed by atoms with Gasteiger partial charge in [-0.3, -0.25) is 9.59 Å². The van der Waals surface area contributed by atoms with E-state index < -0.39 is 23.9 Å². The number of rotatable bonds is 7. The molecule has 0 unspecified atom stereocenters. The number of ether oxygens (including phenoxy) is 2. The maximum absolute atomic E-state index is 12.1. The van der Waals surface area contributed by atoms with Gasteiger partial charge < -0.3 is 19.4 Å². The third kappa shape index (κ3) is 4.87. The number of nitrogens with zero attached hydrogens (tertiary/aromatic N) is 2. The lowest BCUT2D eigenvalue weighted by Gasteiger charge is -2.16. The highest BCUT2D eigenvalue weighted by atomic mass is 16.5. The lowest BCUT2D eigenvalue weighted by Crippen LogP contribution is -2.44. The fourth-order valence-corrected chi connectivity index (χ4v) is 2.00. The van der Waals surface area contributed by atoms with E-state index in [0.29, 0.717) is 6.42 Å². The van der Waals surface area contributed by atoms with Gasteiger partial charge in [0.2, 0.25) is 5.91 Å². The molecule has 8 nitrogen and oxygen atoms in total. The zero-order valence-corrected chi connectivity index (χ0v) is 13.2. The number of carbonyl (C=O) groups is 3. The molecule has 0 aliphatic heterocycles. The summed E-state index contributed by atoms with van der Waals surface area (Å²) in [5, 5.41) is 2.48. The lowest BCUT2D eigenvalue weighted by molar-refractivity contribution is -0.150. The molecule has 0 fully saturated rings. The van der Waals surface area contributed by atoms with E-state index in [2.05, 4.69) is 19.8 Å². The van der Waals surface area contributed by atoms with Gasteiger partial charge in [-0.25, -0.2) is 9.78 Å². The number of imidazole rings is 1. The van der Waals surface area contributed by atoms with E-state index in [1.54, 1.807) is 10.8 Å². The van der Waals surface area contributed by atoms with Crippen molar-refractivity contribution >= 4 is 17.8 Å². The van der Waals surface area contributed by atoms with Gasteiger partial charge in [0.25, 0.3) is 0 Å². The third-order valence-corrected chi connectivity index (χ3v) is 3.03. The minimum absolute atomic E-state index is 0.0126. The molecule has 1 atom stereocenters. The van der Waals surface area contributed by atoms with Crippen molar-refractivity contribution in [3.8, 4) is 0 Å². The molecular formula is C14H21N3O5. The van der Waals surface area contributed by atoms with Crippen molar-refractivity contribution in [1.29, 1.82) is 0 Å². The van der Waals surface area contributed by atoms with Crippen LogP contribution in [0.5, 0.6) is 0 Å². The Morgan fingerprint density at radius 3 is 2.55 bits per heavy atom. The summed E-state index contributed by atoms with van der Waals surface area (Å²) in [5.74, 6) is -0.943. The summed E-state index contributed by atoms with van der Waals surface area (Å²) in [6.45, 7) is 3.78. The van der Waals surface area contributed by atoms with E-state index in [0.717, 1.165) is 11.5 Å². The van der Waals surface area contributed by atoms with Crippen LogP contribution in [0.2, 0.25) is 0 Å². The van der Waals surface area contributed by atoms with Crippen LogP contribution in [0.25, 0.3) is 0 Å². The first-order valence-corrected chi connectivity index (χ1v) is 6.87. The van der Waals surface area contributed by atoms with Crippen molar-refractivity contribution in [2.24, 2.45) is 0 Å². The Balaban J connectivity index is 2.73. The van der Waals surface area contributed by atoms with Crippen LogP contribution in [0.4, 0.5) is 0 Å².